The number of anilines is 1. The number of aryl methyl sites for hydroxylation is 1. The highest BCUT2D eigenvalue weighted by atomic mass is 19.4. The molecule has 0 fully saturated rings. The van der Waals surface area contributed by atoms with Crippen LogP contribution in [0.15, 0.2) is 36.4 Å². The van der Waals surface area contributed by atoms with Gasteiger partial charge in [-0.25, -0.2) is 9.67 Å². The molecule has 3 rings (SSSR count). The largest absolute Gasteiger partial charge is 0.417 e. The molecular formula is C16H15F3N4O. The minimum atomic E-state index is -4.54. The van der Waals surface area contributed by atoms with E-state index in [1.807, 2.05) is 6.07 Å². The van der Waals surface area contributed by atoms with E-state index in [1.54, 1.807) is 24.3 Å². The summed E-state index contributed by atoms with van der Waals surface area (Å²) in [6.45, 7) is 1.42. The fourth-order valence-corrected chi connectivity index (χ4v) is 2.54. The minimum absolute atomic E-state index is 0.0269. The minimum Gasteiger partial charge on any atom is -0.395 e. The Morgan fingerprint density at radius 3 is 2.54 bits per heavy atom. The van der Waals surface area contributed by atoms with Crippen LogP contribution in [0, 0.1) is 6.92 Å². The lowest BCUT2D eigenvalue weighted by Gasteiger charge is -2.12. The molecule has 0 aliphatic heterocycles. The molecule has 0 radical (unpaired) electrons. The van der Waals surface area contributed by atoms with Gasteiger partial charge in [0.05, 0.1) is 28.9 Å². The van der Waals surface area contributed by atoms with E-state index in [9.17, 15) is 13.2 Å². The van der Waals surface area contributed by atoms with E-state index in [2.05, 4.69) is 15.4 Å². The van der Waals surface area contributed by atoms with Crippen LogP contribution in [-0.2, 0) is 6.18 Å². The average molecular weight is 336 g/mol. The highest BCUT2D eigenvalue weighted by Gasteiger charge is 2.35. The smallest absolute Gasteiger partial charge is 0.395 e. The predicted molar refractivity (Wildman–Crippen MR) is 84.2 cm³/mol. The lowest BCUT2D eigenvalue weighted by molar-refractivity contribution is -0.136. The molecule has 0 unspecified atom stereocenters. The van der Waals surface area contributed by atoms with Crippen molar-refractivity contribution in [3.63, 3.8) is 0 Å². The fraction of sp³-hybridized carbons (Fsp3) is 0.250. The van der Waals surface area contributed by atoms with Gasteiger partial charge in [0.25, 0.3) is 0 Å². The third kappa shape index (κ3) is 2.92. The first-order chi connectivity index (χ1) is 11.4. The number of halogens is 3. The number of hydrogen-bond donors (Lipinski definition) is 2. The Morgan fingerprint density at radius 2 is 1.92 bits per heavy atom. The van der Waals surface area contributed by atoms with Gasteiger partial charge in [-0.3, -0.25) is 0 Å². The summed E-state index contributed by atoms with van der Waals surface area (Å²) in [6, 6.07) is 9.80. The molecule has 0 aliphatic rings. The van der Waals surface area contributed by atoms with Crippen LogP contribution in [0.25, 0.3) is 16.7 Å². The molecule has 5 nitrogen and oxygen atoms in total. The van der Waals surface area contributed by atoms with E-state index in [-0.39, 0.29) is 35.7 Å². The van der Waals surface area contributed by atoms with E-state index in [0.717, 1.165) is 6.07 Å². The van der Waals surface area contributed by atoms with Crippen LogP contribution in [-0.4, -0.2) is 33.0 Å². The Labute approximate surface area is 135 Å². The molecular weight excluding hydrogens is 321 g/mol. The number of aliphatic hydroxyl groups is 1. The lowest BCUT2D eigenvalue weighted by Crippen LogP contribution is -2.12. The summed E-state index contributed by atoms with van der Waals surface area (Å²) in [5.74, 6) is 0.0426. The Hall–Kier alpha value is -2.61. The summed E-state index contributed by atoms with van der Waals surface area (Å²) >= 11 is 0. The normalized spacial score (nSPS) is 11.9. The van der Waals surface area contributed by atoms with Crippen LogP contribution in [0.2, 0.25) is 0 Å². The van der Waals surface area contributed by atoms with Gasteiger partial charge in [0.2, 0.25) is 0 Å². The van der Waals surface area contributed by atoms with Crippen molar-refractivity contribution >= 4 is 16.9 Å². The number of nitrogens with one attached hydrogen (secondary N) is 1. The first kappa shape index (κ1) is 16.3. The van der Waals surface area contributed by atoms with Crippen LogP contribution < -0.4 is 5.32 Å². The van der Waals surface area contributed by atoms with Crippen LogP contribution in [0.1, 0.15) is 11.3 Å². The molecule has 3 aromatic rings. The van der Waals surface area contributed by atoms with Crippen molar-refractivity contribution in [3.05, 3.63) is 47.7 Å². The summed E-state index contributed by atoms with van der Waals surface area (Å²) in [4.78, 5) is 4.26. The van der Waals surface area contributed by atoms with Crippen molar-refractivity contribution in [1.29, 1.82) is 0 Å². The monoisotopic (exact) mass is 336 g/mol. The van der Waals surface area contributed by atoms with Crippen LogP contribution in [0.4, 0.5) is 19.0 Å². The van der Waals surface area contributed by atoms with E-state index in [4.69, 9.17) is 5.11 Å². The second-order valence-corrected chi connectivity index (χ2v) is 5.23. The maximum absolute atomic E-state index is 13.5. The quantitative estimate of drug-likeness (QED) is 0.768. The van der Waals surface area contributed by atoms with Gasteiger partial charge in [0.1, 0.15) is 5.82 Å². The average Bonchev–Trinajstić information content (AvgIpc) is 2.89. The summed E-state index contributed by atoms with van der Waals surface area (Å²) < 4.78 is 41.8. The molecule has 0 atom stereocenters. The molecule has 1 aromatic carbocycles. The van der Waals surface area contributed by atoms with Gasteiger partial charge < -0.3 is 10.4 Å². The third-order valence-electron chi connectivity index (χ3n) is 3.54. The van der Waals surface area contributed by atoms with Crippen molar-refractivity contribution in [1.82, 2.24) is 14.8 Å². The molecule has 0 amide bonds. The summed E-state index contributed by atoms with van der Waals surface area (Å²) in [6.07, 6.45) is -4.54. The zero-order valence-corrected chi connectivity index (χ0v) is 12.8. The number of aromatic nitrogens is 3. The number of fused-ring (bicyclic) bond motifs is 1. The summed E-state index contributed by atoms with van der Waals surface area (Å²) in [5, 5.41) is 15.8. The first-order valence-electron chi connectivity index (χ1n) is 7.29. The molecule has 0 bridgehead atoms. The number of aliphatic hydroxyl groups excluding tert-OH is 1. The van der Waals surface area contributed by atoms with Gasteiger partial charge >= 0.3 is 6.18 Å². The number of rotatable bonds is 4. The molecule has 0 spiro atoms. The molecule has 2 aromatic heterocycles. The molecule has 126 valence electrons. The number of hydrogen-bond acceptors (Lipinski definition) is 4. The van der Waals surface area contributed by atoms with E-state index < -0.39 is 11.7 Å². The van der Waals surface area contributed by atoms with Crippen molar-refractivity contribution in [2.45, 2.75) is 13.1 Å². The van der Waals surface area contributed by atoms with Gasteiger partial charge in [-0.15, -0.1) is 0 Å². The summed E-state index contributed by atoms with van der Waals surface area (Å²) in [7, 11) is 0. The van der Waals surface area contributed by atoms with Gasteiger partial charge in [-0.2, -0.15) is 18.3 Å². The fourth-order valence-electron chi connectivity index (χ4n) is 2.54. The van der Waals surface area contributed by atoms with Gasteiger partial charge in [0, 0.05) is 6.54 Å². The molecule has 24 heavy (non-hydrogen) atoms. The third-order valence-corrected chi connectivity index (χ3v) is 3.54. The standard InChI is InChI=1S/C16H15F3N4O/c1-10-14-12(16(17,18)19)9-13(20-7-8-24)21-15(14)23(22-10)11-5-3-2-4-6-11/h2-6,9,24H,7-8H2,1H3,(H,20,21). The number of para-hydroxylation sites is 1. The van der Waals surface area contributed by atoms with Crippen molar-refractivity contribution in [2.75, 3.05) is 18.5 Å². The van der Waals surface area contributed by atoms with Crippen LogP contribution in [0.3, 0.4) is 0 Å². The Kier molecular flexibility index (Phi) is 4.15. The molecule has 2 heterocycles. The number of pyridine rings is 1. The molecule has 0 saturated carbocycles. The van der Waals surface area contributed by atoms with Crippen molar-refractivity contribution < 1.29 is 18.3 Å². The summed E-state index contributed by atoms with van der Waals surface area (Å²) in [5.41, 5.74) is 0.194. The Balaban J connectivity index is 2.29. The Morgan fingerprint density at radius 1 is 1.21 bits per heavy atom. The molecule has 0 saturated heterocycles. The Bertz CT molecular complexity index is 859. The van der Waals surface area contributed by atoms with E-state index in [0.29, 0.717) is 5.69 Å². The second kappa shape index (κ2) is 6.12. The van der Waals surface area contributed by atoms with Gasteiger partial charge in [-0.1, -0.05) is 18.2 Å². The number of benzene rings is 1. The van der Waals surface area contributed by atoms with Crippen LogP contribution >= 0.6 is 0 Å². The molecule has 0 aliphatic carbocycles. The highest BCUT2D eigenvalue weighted by Crippen LogP contribution is 2.37. The van der Waals surface area contributed by atoms with E-state index in [1.165, 1.54) is 11.6 Å². The lowest BCUT2D eigenvalue weighted by atomic mass is 10.1. The van der Waals surface area contributed by atoms with Gasteiger partial charge in [0.15, 0.2) is 5.65 Å². The SMILES string of the molecule is Cc1nn(-c2ccccc2)c2nc(NCCO)cc(C(F)(F)F)c12. The van der Waals surface area contributed by atoms with E-state index >= 15 is 0 Å². The van der Waals surface area contributed by atoms with Gasteiger partial charge in [-0.05, 0) is 25.1 Å². The zero-order chi connectivity index (χ0) is 17.3. The first-order valence-corrected chi connectivity index (χ1v) is 7.29. The maximum Gasteiger partial charge on any atom is 0.417 e. The maximum atomic E-state index is 13.5. The number of nitrogens with zero attached hydrogens (tertiary/aromatic N) is 3. The predicted octanol–water partition coefficient (Wildman–Crippen LogP) is 3.15. The second-order valence-electron chi connectivity index (χ2n) is 5.23. The zero-order valence-electron chi connectivity index (χ0n) is 12.8. The van der Waals surface area contributed by atoms with Crippen molar-refractivity contribution in [3.8, 4) is 5.69 Å². The molecule has 8 heteroatoms. The highest BCUT2D eigenvalue weighted by molar-refractivity contribution is 5.85. The van der Waals surface area contributed by atoms with Crippen molar-refractivity contribution in [2.24, 2.45) is 0 Å². The topological polar surface area (TPSA) is 63.0 Å². The van der Waals surface area contributed by atoms with Crippen LogP contribution in [0.5, 0.6) is 0 Å². The number of alkyl halides is 3. The molecule has 2 N–H and O–H groups in total.